The molecular formula is C16H35NO4Si. The van der Waals surface area contributed by atoms with E-state index in [2.05, 4.69) is 33.9 Å². The van der Waals surface area contributed by atoms with Crippen LogP contribution < -0.4 is 5.73 Å². The number of esters is 1. The minimum Gasteiger partial charge on any atom is -0.460 e. The average Bonchev–Trinajstić information content (AvgIpc) is 2.30. The van der Waals surface area contributed by atoms with Crippen LogP contribution in [0.1, 0.15) is 48.0 Å². The van der Waals surface area contributed by atoms with Crippen molar-refractivity contribution >= 4 is 14.3 Å². The van der Waals surface area contributed by atoms with E-state index in [9.17, 15) is 9.90 Å². The van der Waals surface area contributed by atoms with Crippen molar-refractivity contribution in [1.29, 1.82) is 0 Å². The van der Waals surface area contributed by atoms with E-state index in [0.29, 0.717) is 0 Å². The first-order valence-corrected chi connectivity index (χ1v) is 10.9. The Hall–Kier alpha value is -0.433. The van der Waals surface area contributed by atoms with Crippen LogP contribution in [-0.4, -0.2) is 44.2 Å². The molecule has 0 aromatic heterocycles. The largest absolute Gasteiger partial charge is 0.460 e. The standard InChI is InChI=1S/C16H35NO4Si/c1-15(2,3)21-14(19)12(9-13(18)10-17)11-20-22(7,8)16(4,5)6/h12-13,18H,9-11,17H2,1-8H3. The highest BCUT2D eigenvalue weighted by Gasteiger charge is 2.39. The maximum atomic E-state index is 12.3. The lowest BCUT2D eigenvalue weighted by molar-refractivity contribution is -0.162. The Morgan fingerprint density at radius 3 is 2.05 bits per heavy atom. The van der Waals surface area contributed by atoms with Gasteiger partial charge in [-0.05, 0) is 45.3 Å². The molecule has 0 heterocycles. The number of carbonyl (C=O) groups excluding carboxylic acids is 1. The zero-order chi connectivity index (χ0) is 17.8. The Balaban J connectivity index is 4.92. The Morgan fingerprint density at radius 1 is 1.18 bits per heavy atom. The van der Waals surface area contributed by atoms with Gasteiger partial charge in [-0.3, -0.25) is 4.79 Å². The van der Waals surface area contributed by atoms with Crippen LogP contribution >= 0.6 is 0 Å². The summed E-state index contributed by atoms with van der Waals surface area (Å²) in [6.07, 6.45) is -0.458. The predicted octanol–water partition coefficient (Wildman–Crippen LogP) is 2.68. The number of aliphatic hydroxyl groups is 1. The van der Waals surface area contributed by atoms with Gasteiger partial charge in [0.2, 0.25) is 0 Å². The molecule has 0 aliphatic carbocycles. The summed E-state index contributed by atoms with van der Waals surface area (Å²) in [4.78, 5) is 12.3. The summed E-state index contributed by atoms with van der Waals surface area (Å²) in [5.74, 6) is -0.828. The van der Waals surface area contributed by atoms with Gasteiger partial charge in [0.1, 0.15) is 5.60 Å². The Morgan fingerprint density at radius 2 is 1.68 bits per heavy atom. The molecular weight excluding hydrogens is 298 g/mol. The molecule has 0 rings (SSSR count). The van der Waals surface area contributed by atoms with Gasteiger partial charge in [-0.2, -0.15) is 0 Å². The molecule has 2 unspecified atom stereocenters. The molecule has 0 radical (unpaired) electrons. The van der Waals surface area contributed by atoms with Gasteiger partial charge in [-0.25, -0.2) is 0 Å². The van der Waals surface area contributed by atoms with Gasteiger partial charge in [0.15, 0.2) is 8.32 Å². The van der Waals surface area contributed by atoms with E-state index >= 15 is 0 Å². The molecule has 6 heteroatoms. The topological polar surface area (TPSA) is 81.8 Å². The fourth-order valence-corrected chi connectivity index (χ4v) is 2.62. The van der Waals surface area contributed by atoms with E-state index in [4.69, 9.17) is 14.9 Å². The van der Waals surface area contributed by atoms with Crippen LogP contribution in [0.25, 0.3) is 0 Å². The van der Waals surface area contributed by atoms with Crippen molar-refractivity contribution in [3.05, 3.63) is 0 Å². The second-order valence-corrected chi connectivity index (χ2v) is 13.2. The van der Waals surface area contributed by atoms with Crippen molar-refractivity contribution in [2.24, 2.45) is 11.7 Å². The quantitative estimate of drug-likeness (QED) is 0.553. The van der Waals surface area contributed by atoms with Gasteiger partial charge < -0.3 is 20.0 Å². The molecule has 0 bridgehead atoms. The molecule has 0 fully saturated rings. The minimum atomic E-state index is -1.95. The summed E-state index contributed by atoms with van der Waals surface area (Å²) >= 11 is 0. The van der Waals surface area contributed by atoms with Crippen LogP contribution in [-0.2, 0) is 14.0 Å². The molecule has 2 atom stereocenters. The van der Waals surface area contributed by atoms with Gasteiger partial charge in [-0.1, -0.05) is 20.8 Å². The zero-order valence-corrected chi connectivity index (χ0v) is 16.5. The third kappa shape index (κ3) is 7.72. The molecule has 5 nitrogen and oxygen atoms in total. The van der Waals surface area contributed by atoms with Crippen molar-refractivity contribution in [1.82, 2.24) is 0 Å². The van der Waals surface area contributed by atoms with Crippen LogP contribution in [0, 0.1) is 5.92 Å². The van der Waals surface area contributed by atoms with Crippen LogP contribution in [0.2, 0.25) is 18.1 Å². The highest BCUT2D eigenvalue weighted by Crippen LogP contribution is 2.37. The van der Waals surface area contributed by atoms with Gasteiger partial charge in [0.05, 0.1) is 12.0 Å². The molecule has 0 saturated heterocycles. The Bertz CT molecular complexity index is 358. The molecule has 0 aromatic carbocycles. The predicted molar refractivity (Wildman–Crippen MR) is 92.2 cm³/mol. The highest BCUT2D eigenvalue weighted by molar-refractivity contribution is 6.74. The number of rotatable bonds is 7. The van der Waals surface area contributed by atoms with Crippen LogP contribution in [0.4, 0.5) is 0 Å². The van der Waals surface area contributed by atoms with Crippen LogP contribution in [0.3, 0.4) is 0 Å². The average molecular weight is 334 g/mol. The third-order valence-corrected chi connectivity index (χ3v) is 8.52. The van der Waals surface area contributed by atoms with E-state index in [-0.39, 0.29) is 30.6 Å². The summed E-state index contributed by atoms with van der Waals surface area (Å²) in [7, 11) is -1.95. The maximum Gasteiger partial charge on any atom is 0.311 e. The number of aliphatic hydroxyl groups excluding tert-OH is 1. The molecule has 0 saturated carbocycles. The van der Waals surface area contributed by atoms with Gasteiger partial charge in [0.25, 0.3) is 0 Å². The molecule has 0 aromatic rings. The lowest BCUT2D eigenvalue weighted by atomic mass is 10.0. The first-order chi connectivity index (χ1) is 9.69. The zero-order valence-electron chi connectivity index (χ0n) is 15.5. The maximum absolute atomic E-state index is 12.3. The highest BCUT2D eigenvalue weighted by atomic mass is 28.4. The van der Waals surface area contributed by atoms with Gasteiger partial charge in [-0.15, -0.1) is 0 Å². The van der Waals surface area contributed by atoms with Crippen LogP contribution in [0.15, 0.2) is 0 Å². The smallest absolute Gasteiger partial charge is 0.311 e. The van der Waals surface area contributed by atoms with E-state index in [1.807, 2.05) is 20.8 Å². The minimum absolute atomic E-state index is 0.0674. The van der Waals surface area contributed by atoms with Crippen molar-refractivity contribution in [3.8, 4) is 0 Å². The van der Waals surface area contributed by atoms with E-state index in [1.165, 1.54) is 0 Å². The Labute approximate surface area is 136 Å². The molecule has 3 N–H and O–H groups in total. The molecule has 22 heavy (non-hydrogen) atoms. The molecule has 0 aliphatic heterocycles. The van der Waals surface area contributed by atoms with Crippen molar-refractivity contribution < 1.29 is 19.1 Å². The fourth-order valence-electron chi connectivity index (χ4n) is 1.57. The molecule has 0 aliphatic rings. The number of carbonyl (C=O) groups is 1. The Kier molecular flexibility index (Phi) is 7.75. The van der Waals surface area contributed by atoms with E-state index in [0.717, 1.165) is 0 Å². The van der Waals surface area contributed by atoms with Crippen molar-refractivity contribution in [3.63, 3.8) is 0 Å². The number of ether oxygens (including phenoxy) is 1. The first kappa shape index (κ1) is 21.6. The summed E-state index contributed by atoms with van der Waals surface area (Å²) in [5, 5.41) is 9.86. The summed E-state index contributed by atoms with van der Waals surface area (Å²) in [6.45, 7) is 16.6. The monoisotopic (exact) mass is 333 g/mol. The van der Waals surface area contributed by atoms with Gasteiger partial charge >= 0.3 is 5.97 Å². The molecule has 0 spiro atoms. The summed E-state index contributed by atoms with van der Waals surface area (Å²) < 4.78 is 11.6. The molecule has 0 amide bonds. The van der Waals surface area contributed by atoms with Crippen molar-refractivity contribution in [2.45, 2.75) is 77.8 Å². The lowest BCUT2D eigenvalue weighted by Gasteiger charge is -2.37. The third-order valence-electron chi connectivity index (χ3n) is 4.02. The lowest BCUT2D eigenvalue weighted by Crippen LogP contribution is -2.44. The van der Waals surface area contributed by atoms with Crippen molar-refractivity contribution in [2.75, 3.05) is 13.2 Å². The summed E-state index contributed by atoms with van der Waals surface area (Å²) in [5.41, 5.74) is 4.91. The normalized spacial score (nSPS) is 16.3. The van der Waals surface area contributed by atoms with Gasteiger partial charge in [0, 0.05) is 13.2 Å². The number of nitrogens with two attached hydrogens (primary N) is 1. The number of hydrogen-bond acceptors (Lipinski definition) is 5. The van der Waals surface area contributed by atoms with E-state index < -0.39 is 25.9 Å². The second kappa shape index (κ2) is 7.90. The fraction of sp³-hybridized carbons (Fsp3) is 0.938. The molecule has 132 valence electrons. The number of hydrogen-bond donors (Lipinski definition) is 2. The first-order valence-electron chi connectivity index (χ1n) is 7.94. The van der Waals surface area contributed by atoms with E-state index in [1.54, 1.807) is 0 Å². The SMILES string of the molecule is CC(C)(C)OC(=O)C(CO[Si](C)(C)C(C)(C)C)CC(O)CN. The van der Waals surface area contributed by atoms with Crippen LogP contribution in [0.5, 0.6) is 0 Å². The summed E-state index contributed by atoms with van der Waals surface area (Å²) in [6, 6.07) is 0. The second-order valence-electron chi connectivity index (χ2n) is 8.43.